The van der Waals surface area contributed by atoms with Crippen molar-refractivity contribution in [3.8, 4) is 5.69 Å². The molecule has 1 aromatic carbocycles. The van der Waals surface area contributed by atoms with Gasteiger partial charge in [0.1, 0.15) is 0 Å². The number of urea groups is 1. The molecule has 0 aliphatic rings. The lowest BCUT2D eigenvalue weighted by molar-refractivity contribution is -0.142. The fourth-order valence-electron chi connectivity index (χ4n) is 2.63. The lowest BCUT2D eigenvalue weighted by Gasteiger charge is -2.18. The summed E-state index contributed by atoms with van der Waals surface area (Å²) in [6.45, 7) is 0.287. The SMILES string of the molecule is CN(CCc1ccccn1)C(=O)Nc1cnn(-c2ccc(Cl)cc2)c1C(F)(F)F. The van der Waals surface area contributed by atoms with Crippen molar-refractivity contribution in [3.05, 3.63) is 71.3 Å². The number of amides is 2. The van der Waals surface area contributed by atoms with Crippen LogP contribution in [0.1, 0.15) is 11.4 Å². The van der Waals surface area contributed by atoms with Crippen LogP contribution in [-0.4, -0.2) is 39.3 Å². The molecule has 0 atom stereocenters. The van der Waals surface area contributed by atoms with Gasteiger partial charge in [0.05, 0.1) is 17.6 Å². The minimum atomic E-state index is -4.73. The van der Waals surface area contributed by atoms with Crippen LogP contribution < -0.4 is 5.32 Å². The van der Waals surface area contributed by atoms with Crippen LogP contribution in [0.2, 0.25) is 5.02 Å². The molecule has 0 bridgehead atoms. The first-order chi connectivity index (χ1) is 13.8. The molecule has 1 N–H and O–H groups in total. The zero-order chi connectivity index (χ0) is 21.0. The highest BCUT2D eigenvalue weighted by molar-refractivity contribution is 6.30. The van der Waals surface area contributed by atoms with Crippen molar-refractivity contribution < 1.29 is 18.0 Å². The molecular weight excluding hydrogens is 407 g/mol. The second-order valence-electron chi connectivity index (χ2n) is 6.22. The molecule has 0 radical (unpaired) electrons. The number of alkyl halides is 3. The highest BCUT2D eigenvalue weighted by atomic mass is 35.5. The fourth-order valence-corrected chi connectivity index (χ4v) is 2.76. The van der Waals surface area contributed by atoms with E-state index in [0.717, 1.165) is 16.6 Å². The second kappa shape index (κ2) is 8.52. The molecule has 0 saturated carbocycles. The molecular formula is C19H17ClF3N5O. The zero-order valence-electron chi connectivity index (χ0n) is 15.3. The Morgan fingerprint density at radius 1 is 1.21 bits per heavy atom. The molecule has 2 aromatic heterocycles. The number of hydrogen-bond acceptors (Lipinski definition) is 3. The highest BCUT2D eigenvalue weighted by Crippen LogP contribution is 2.36. The Labute approximate surface area is 169 Å². The number of nitrogens with zero attached hydrogens (tertiary/aromatic N) is 4. The summed E-state index contributed by atoms with van der Waals surface area (Å²) in [7, 11) is 1.50. The van der Waals surface area contributed by atoms with E-state index in [-0.39, 0.29) is 12.2 Å². The summed E-state index contributed by atoms with van der Waals surface area (Å²) < 4.78 is 41.7. The van der Waals surface area contributed by atoms with Crippen LogP contribution in [0.3, 0.4) is 0 Å². The van der Waals surface area contributed by atoms with Crippen molar-refractivity contribution in [1.82, 2.24) is 19.7 Å². The van der Waals surface area contributed by atoms with Crippen LogP contribution in [0.15, 0.2) is 54.9 Å². The van der Waals surface area contributed by atoms with Crippen LogP contribution >= 0.6 is 11.6 Å². The molecule has 0 aliphatic carbocycles. The average molecular weight is 424 g/mol. The number of benzene rings is 1. The maximum Gasteiger partial charge on any atom is 0.435 e. The number of hydrogen-bond donors (Lipinski definition) is 1. The maximum absolute atomic E-state index is 13.7. The monoisotopic (exact) mass is 423 g/mol. The van der Waals surface area contributed by atoms with Gasteiger partial charge in [-0.1, -0.05) is 17.7 Å². The molecule has 10 heteroatoms. The summed E-state index contributed by atoms with van der Waals surface area (Å²) >= 11 is 5.79. The van der Waals surface area contributed by atoms with Crippen LogP contribution in [0.4, 0.5) is 23.7 Å². The third-order valence-corrected chi connectivity index (χ3v) is 4.38. The summed E-state index contributed by atoms with van der Waals surface area (Å²) in [6, 6.07) is 10.5. The van der Waals surface area contributed by atoms with Gasteiger partial charge in [0.15, 0.2) is 5.69 Å². The first kappa shape index (κ1) is 20.7. The van der Waals surface area contributed by atoms with Crippen LogP contribution in [-0.2, 0) is 12.6 Å². The van der Waals surface area contributed by atoms with E-state index in [2.05, 4.69) is 15.4 Å². The van der Waals surface area contributed by atoms with E-state index in [0.29, 0.717) is 11.4 Å². The number of likely N-dealkylation sites (N-methyl/N-ethyl adjacent to an activating group) is 1. The Hall–Kier alpha value is -3.07. The van der Waals surface area contributed by atoms with Gasteiger partial charge in [-0.3, -0.25) is 4.98 Å². The minimum Gasteiger partial charge on any atom is -0.327 e. The summed E-state index contributed by atoms with van der Waals surface area (Å²) in [5.41, 5.74) is -0.558. The Bertz CT molecular complexity index is 974. The number of halogens is 4. The first-order valence-electron chi connectivity index (χ1n) is 8.59. The van der Waals surface area contributed by atoms with Crippen LogP contribution in [0, 0.1) is 0 Å². The minimum absolute atomic E-state index is 0.172. The van der Waals surface area contributed by atoms with Crippen molar-refractivity contribution in [2.45, 2.75) is 12.6 Å². The molecule has 0 unspecified atom stereocenters. The topological polar surface area (TPSA) is 63.1 Å². The highest BCUT2D eigenvalue weighted by Gasteiger charge is 2.39. The van der Waals surface area contributed by atoms with E-state index in [9.17, 15) is 18.0 Å². The lowest BCUT2D eigenvalue weighted by Crippen LogP contribution is -2.33. The quantitative estimate of drug-likeness (QED) is 0.650. The van der Waals surface area contributed by atoms with Gasteiger partial charge in [-0.15, -0.1) is 0 Å². The average Bonchev–Trinajstić information content (AvgIpc) is 3.11. The summed E-state index contributed by atoms with van der Waals surface area (Å²) in [4.78, 5) is 17.8. The lowest BCUT2D eigenvalue weighted by atomic mass is 10.2. The van der Waals surface area contributed by atoms with Gasteiger partial charge in [0, 0.05) is 36.9 Å². The van der Waals surface area contributed by atoms with E-state index in [1.54, 1.807) is 12.3 Å². The third-order valence-electron chi connectivity index (χ3n) is 4.13. The van der Waals surface area contributed by atoms with Gasteiger partial charge in [-0.25, -0.2) is 9.48 Å². The molecule has 2 heterocycles. The smallest absolute Gasteiger partial charge is 0.327 e. The molecule has 0 spiro atoms. The number of aromatic nitrogens is 3. The zero-order valence-corrected chi connectivity index (χ0v) is 16.1. The molecule has 0 saturated heterocycles. The fraction of sp³-hybridized carbons (Fsp3) is 0.211. The predicted molar refractivity (Wildman–Crippen MR) is 103 cm³/mol. The molecule has 29 heavy (non-hydrogen) atoms. The summed E-state index contributed by atoms with van der Waals surface area (Å²) in [6.07, 6.45) is -1.65. The summed E-state index contributed by atoms with van der Waals surface area (Å²) in [5, 5.41) is 6.48. The molecule has 3 rings (SSSR count). The second-order valence-corrected chi connectivity index (χ2v) is 6.65. The molecule has 152 valence electrons. The first-order valence-corrected chi connectivity index (χ1v) is 8.96. The van der Waals surface area contributed by atoms with Gasteiger partial charge >= 0.3 is 12.2 Å². The van der Waals surface area contributed by atoms with Gasteiger partial charge in [0.25, 0.3) is 0 Å². The number of nitrogens with one attached hydrogen (secondary N) is 1. The Balaban J connectivity index is 1.77. The van der Waals surface area contributed by atoms with E-state index < -0.39 is 23.6 Å². The molecule has 0 aliphatic heterocycles. The van der Waals surface area contributed by atoms with Crippen LogP contribution in [0.25, 0.3) is 5.69 Å². The molecule has 3 aromatic rings. The number of anilines is 1. The number of pyridine rings is 1. The van der Waals surface area contributed by atoms with Gasteiger partial charge < -0.3 is 10.2 Å². The van der Waals surface area contributed by atoms with E-state index in [1.807, 2.05) is 12.1 Å². The standard InChI is InChI=1S/C19H17ClF3N5O/c1-27(11-9-14-4-2-3-10-24-14)18(29)26-16-12-25-28(17(16)19(21,22)23)15-7-5-13(20)6-8-15/h2-8,10,12H,9,11H2,1H3,(H,26,29). The molecule has 0 fully saturated rings. The largest absolute Gasteiger partial charge is 0.435 e. The molecule has 6 nitrogen and oxygen atoms in total. The number of carbonyl (C=O) groups excluding carboxylic acids is 1. The summed E-state index contributed by atoms with van der Waals surface area (Å²) in [5.74, 6) is 0. The van der Waals surface area contributed by atoms with Crippen molar-refractivity contribution in [2.24, 2.45) is 0 Å². The Kier molecular flexibility index (Phi) is 6.07. The van der Waals surface area contributed by atoms with Gasteiger partial charge in [0.2, 0.25) is 0 Å². The Morgan fingerprint density at radius 2 is 1.93 bits per heavy atom. The van der Waals surface area contributed by atoms with E-state index in [1.165, 1.54) is 36.2 Å². The maximum atomic E-state index is 13.7. The van der Waals surface area contributed by atoms with Crippen LogP contribution in [0.5, 0.6) is 0 Å². The Morgan fingerprint density at radius 3 is 2.55 bits per heavy atom. The van der Waals surface area contributed by atoms with Crippen molar-refractivity contribution >= 4 is 23.3 Å². The van der Waals surface area contributed by atoms with Crippen molar-refractivity contribution in [2.75, 3.05) is 18.9 Å². The number of carbonyl (C=O) groups is 1. The predicted octanol–water partition coefficient (Wildman–Crippen LogP) is 4.65. The van der Waals surface area contributed by atoms with Crippen molar-refractivity contribution in [3.63, 3.8) is 0 Å². The number of rotatable bonds is 5. The van der Waals surface area contributed by atoms with Gasteiger partial charge in [-0.2, -0.15) is 18.3 Å². The molecule has 2 amide bonds. The van der Waals surface area contributed by atoms with Gasteiger partial charge in [-0.05, 0) is 36.4 Å². The van der Waals surface area contributed by atoms with E-state index in [4.69, 9.17) is 11.6 Å². The normalized spacial score (nSPS) is 11.3. The van der Waals surface area contributed by atoms with Crippen molar-refractivity contribution in [1.29, 1.82) is 0 Å². The van der Waals surface area contributed by atoms with E-state index >= 15 is 0 Å². The third kappa shape index (κ3) is 5.05.